The Morgan fingerprint density at radius 1 is 1.45 bits per heavy atom. The molecule has 20 heavy (non-hydrogen) atoms. The van der Waals surface area contributed by atoms with E-state index in [0.29, 0.717) is 30.2 Å². The summed E-state index contributed by atoms with van der Waals surface area (Å²) in [6.45, 7) is 3.59. The molecule has 0 bridgehead atoms. The fraction of sp³-hybridized carbons (Fsp3) is 0.500. The van der Waals surface area contributed by atoms with Gasteiger partial charge in [0.1, 0.15) is 11.8 Å². The van der Waals surface area contributed by atoms with Crippen LogP contribution in [0.3, 0.4) is 0 Å². The number of ether oxygens (including phenoxy) is 1. The number of nitriles is 1. The molecule has 1 unspecified atom stereocenters. The zero-order valence-corrected chi connectivity index (χ0v) is 12.1. The van der Waals surface area contributed by atoms with Crippen LogP contribution < -0.4 is 4.74 Å². The van der Waals surface area contributed by atoms with Crippen LogP contribution in [-0.2, 0) is 11.3 Å². The van der Waals surface area contributed by atoms with Gasteiger partial charge in [0.15, 0.2) is 0 Å². The smallest absolute Gasteiger partial charge is 0.222 e. The van der Waals surface area contributed by atoms with Gasteiger partial charge in [0.25, 0.3) is 0 Å². The van der Waals surface area contributed by atoms with Crippen LogP contribution in [0.1, 0.15) is 37.3 Å². The van der Waals surface area contributed by atoms with E-state index < -0.39 is 0 Å². The molecular formula is C16H20N2O2. The highest BCUT2D eigenvalue weighted by Gasteiger charge is 2.20. The minimum absolute atomic E-state index is 0.220. The van der Waals surface area contributed by atoms with Crippen molar-refractivity contribution in [1.29, 1.82) is 5.26 Å². The van der Waals surface area contributed by atoms with Crippen molar-refractivity contribution >= 4 is 5.91 Å². The molecule has 0 saturated carbocycles. The van der Waals surface area contributed by atoms with Gasteiger partial charge in [0.2, 0.25) is 5.91 Å². The molecule has 1 aliphatic heterocycles. The number of likely N-dealkylation sites (tertiary alicyclic amines) is 1. The summed E-state index contributed by atoms with van der Waals surface area (Å²) < 4.78 is 5.21. The van der Waals surface area contributed by atoms with Gasteiger partial charge in [0.05, 0.1) is 12.7 Å². The summed E-state index contributed by atoms with van der Waals surface area (Å²) in [6.07, 6.45) is 2.67. The molecule has 0 aromatic heterocycles. The standard InChI is InChI=1S/C16H20N2O2/c1-12-3-6-16(19)18(8-7-12)11-13-4-5-14(10-17)15(9-13)20-2/h4-5,9,12H,3,6-8,11H2,1-2H3. The van der Waals surface area contributed by atoms with Crippen LogP contribution in [0.4, 0.5) is 0 Å². The first-order valence-corrected chi connectivity index (χ1v) is 6.99. The first-order valence-electron chi connectivity index (χ1n) is 6.99. The lowest BCUT2D eigenvalue weighted by Crippen LogP contribution is -2.29. The van der Waals surface area contributed by atoms with Gasteiger partial charge in [-0.25, -0.2) is 0 Å². The highest BCUT2D eigenvalue weighted by atomic mass is 16.5. The molecular weight excluding hydrogens is 252 g/mol. The lowest BCUT2D eigenvalue weighted by molar-refractivity contribution is -0.131. The van der Waals surface area contributed by atoms with E-state index in [9.17, 15) is 4.79 Å². The Morgan fingerprint density at radius 2 is 2.25 bits per heavy atom. The quantitative estimate of drug-likeness (QED) is 0.850. The average Bonchev–Trinajstić information content (AvgIpc) is 2.62. The SMILES string of the molecule is COc1cc(CN2CCC(C)CCC2=O)ccc1C#N. The number of amides is 1. The maximum atomic E-state index is 12.1. The number of rotatable bonds is 3. The minimum Gasteiger partial charge on any atom is -0.495 e. The molecule has 1 fully saturated rings. The Morgan fingerprint density at radius 3 is 2.95 bits per heavy atom. The predicted molar refractivity (Wildman–Crippen MR) is 76.1 cm³/mol. The molecule has 0 N–H and O–H groups in total. The molecule has 0 spiro atoms. The molecule has 1 heterocycles. The highest BCUT2D eigenvalue weighted by molar-refractivity contribution is 5.76. The fourth-order valence-electron chi connectivity index (χ4n) is 2.49. The second kappa shape index (κ2) is 6.42. The van der Waals surface area contributed by atoms with Crippen molar-refractivity contribution in [3.05, 3.63) is 29.3 Å². The molecule has 4 heteroatoms. The zero-order chi connectivity index (χ0) is 14.5. The van der Waals surface area contributed by atoms with Crippen LogP contribution in [0.15, 0.2) is 18.2 Å². The zero-order valence-electron chi connectivity index (χ0n) is 12.1. The Balaban J connectivity index is 2.13. The third kappa shape index (κ3) is 3.30. The van der Waals surface area contributed by atoms with Gasteiger partial charge in [-0.3, -0.25) is 4.79 Å². The first kappa shape index (κ1) is 14.4. The number of benzene rings is 1. The van der Waals surface area contributed by atoms with Gasteiger partial charge in [-0.2, -0.15) is 5.26 Å². The van der Waals surface area contributed by atoms with E-state index in [4.69, 9.17) is 10.00 Å². The summed E-state index contributed by atoms with van der Waals surface area (Å²) in [5.74, 6) is 1.40. The average molecular weight is 272 g/mol. The first-order chi connectivity index (χ1) is 9.63. The minimum atomic E-state index is 0.220. The van der Waals surface area contributed by atoms with Crippen molar-refractivity contribution in [3.8, 4) is 11.8 Å². The van der Waals surface area contributed by atoms with Gasteiger partial charge >= 0.3 is 0 Å². The van der Waals surface area contributed by atoms with Crippen molar-refractivity contribution in [3.63, 3.8) is 0 Å². The normalized spacial score (nSPS) is 19.4. The van der Waals surface area contributed by atoms with Gasteiger partial charge in [-0.15, -0.1) is 0 Å². The molecule has 0 aliphatic carbocycles. The monoisotopic (exact) mass is 272 g/mol. The number of carbonyl (C=O) groups excluding carboxylic acids is 1. The summed E-state index contributed by atoms with van der Waals surface area (Å²) in [4.78, 5) is 14.0. The molecule has 1 aromatic rings. The maximum Gasteiger partial charge on any atom is 0.222 e. The van der Waals surface area contributed by atoms with Crippen LogP contribution in [-0.4, -0.2) is 24.5 Å². The lowest BCUT2D eigenvalue weighted by Gasteiger charge is -2.21. The van der Waals surface area contributed by atoms with Gasteiger partial charge in [0, 0.05) is 19.5 Å². The molecule has 1 amide bonds. The van der Waals surface area contributed by atoms with E-state index in [1.54, 1.807) is 13.2 Å². The van der Waals surface area contributed by atoms with E-state index in [2.05, 4.69) is 13.0 Å². The third-order valence-electron chi connectivity index (χ3n) is 3.86. The van der Waals surface area contributed by atoms with Crippen LogP contribution >= 0.6 is 0 Å². The number of hydrogen-bond donors (Lipinski definition) is 0. The van der Waals surface area contributed by atoms with Crippen LogP contribution in [0.25, 0.3) is 0 Å². The second-order valence-corrected chi connectivity index (χ2v) is 5.39. The molecule has 0 radical (unpaired) electrons. The molecule has 2 rings (SSSR count). The van der Waals surface area contributed by atoms with Crippen LogP contribution in [0, 0.1) is 17.2 Å². The van der Waals surface area contributed by atoms with Crippen molar-refractivity contribution in [2.24, 2.45) is 5.92 Å². The van der Waals surface area contributed by atoms with Gasteiger partial charge < -0.3 is 9.64 Å². The molecule has 4 nitrogen and oxygen atoms in total. The third-order valence-corrected chi connectivity index (χ3v) is 3.86. The summed E-state index contributed by atoms with van der Waals surface area (Å²) in [7, 11) is 1.55. The number of methoxy groups -OCH3 is 1. The summed E-state index contributed by atoms with van der Waals surface area (Å²) in [6, 6.07) is 7.58. The topological polar surface area (TPSA) is 53.3 Å². The number of carbonyl (C=O) groups is 1. The van der Waals surface area contributed by atoms with E-state index >= 15 is 0 Å². The van der Waals surface area contributed by atoms with Crippen LogP contribution in [0.2, 0.25) is 0 Å². The summed E-state index contributed by atoms with van der Waals surface area (Å²) >= 11 is 0. The Hall–Kier alpha value is -2.02. The van der Waals surface area contributed by atoms with Crippen molar-refractivity contribution in [2.45, 2.75) is 32.7 Å². The van der Waals surface area contributed by atoms with Crippen molar-refractivity contribution in [2.75, 3.05) is 13.7 Å². The molecule has 1 aliphatic rings. The van der Waals surface area contributed by atoms with E-state index in [-0.39, 0.29) is 5.91 Å². The number of nitrogens with zero attached hydrogens (tertiary/aromatic N) is 2. The Bertz CT molecular complexity index is 534. The van der Waals surface area contributed by atoms with Crippen molar-refractivity contribution in [1.82, 2.24) is 4.90 Å². The summed E-state index contributed by atoms with van der Waals surface area (Å²) in [5, 5.41) is 8.98. The van der Waals surface area contributed by atoms with E-state index in [1.165, 1.54) is 0 Å². The largest absolute Gasteiger partial charge is 0.495 e. The summed E-state index contributed by atoms with van der Waals surface area (Å²) in [5.41, 5.74) is 1.52. The van der Waals surface area contributed by atoms with Crippen molar-refractivity contribution < 1.29 is 9.53 Å². The molecule has 1 aromatic carbocycles. The maximum absolute atomic E-state index is 12.1. The fourth-order valence-corrected chi connectivity index (χ4v) is 2.49. The molecule has 1 saturated heterocycles. The molecule has 106 valence electrons. The highest BCUT2D eigenvalue weighted by Crippen LogP contribution is 2.23. The number of hydrogen-bond acceptors (Lipinski definition) is 3. The Labute approximate surface area is 120 Å². The Kier molecular flexibility index (Phi) is 4.62. The second-order valence-electron chi connectivity index (χ2n) is 5.39. The lowest BCUT2D eigenvalue weighted by atomic mass is 10.0. The van der Waals surface area contributed by atoms with E-state index in [1.807, 2.05) is 17.0 Å². The van der Waals surface area contributed by atoms with Crippen LogP contribution in [0.5, 0.6) is 5.75 Å². The van der Waals surface area contributed by atoms with Gasteiger partial charge in [-0.05, 0) is 36.5 Å². The predicted octanol–water partition coefficient (Wildman–Crippen LogP) is 2.72. The molecule has 1 atom stereocenters. The van der Waals surface area contributed by atoms with Gasteiger partial charge in [-0.1, -0.05) is 13.0 Å². The van der Waals surface area contributed by atoms with E-state index in [0.717, 1.165) is 24.9 Å².